The molecule has 8 nitrogen and oxygen atoms in total. The largest absolute Gasteiger partial charge is 0.356 e. The molecule has 3 aliphatic rings. The van der Waals surface area contributed by atoms with E-state index in [1.165, 1.54) is 32.1 Å². The Morgan fingerprint density at radius 3 is 2.06 bits per heavy atom. The molecule has 2 aliphatic carbocycles. The molecule has 1 aliphatic heterocycles. The third-order valence-electron chi connectivity index (χ3n) is 6.75. The molecule has 2 saturated carbocycles. The maximum Gasteiger partial charge on any atom is 0.321 e. The smallest absolute Gasteiger partial charge is 0.321 e. The van der Waals surface area contributed by atoms with Crippen molar-refractivity contribution in [1.29, 1.82) is 0 Å². The number of benzene rings is 1. The van der Waals surface area contributed by atoms with Crippen LogP contribution in [0.15, 0.2) is 24.3 Å². The minimum absolute atomic E-state index is 0.00270. The van der Waals surface area contributed by atoms with E-state index >= 15 is 0 Å². The second-order valence-electron chi connectivity index (χ2n) is 9.39. The normalized spacial score (nSPS) is 19.8. The molecule has 4 rings (SSSR count). The lowest BCUT2D eigenvalue weighted by Gasteiger charge is -2.31. The van der Waals surface area contributed by atoms with Crippen LogP contribution in [0.1, 0.15) is 57.8 Å². The number of piperidine rings is 1. The number of likely N-dealkylation sites (tertiary alicyclic amines) is 1. The topological polar surface area (TPSA) is 103 Å². The van der Waals surface area contributed by atoms with Crippen LogP contribution >= 0.6 is 0 Å². The van der Waals surface area contributed by atoms with Crippen LogP contribution in [-0.4, -0.2) is 48.5 Å². The number of urea groups is 2. The first-order valence-corrected chi connectivity index (χ1v) is 12.1. The second kappa shape index (κ2) is 10.7. The van der Waals surface area contributed by atoms with Crippen molar-refractivity contribution < 1.29 is 14.4 Å². The van der Waals surface area contributed by atoms with Gasteiger partial charge in [-0.25, -0.2) is 9.59 Å². The van der Waals surface area contributed by atoms with Crippen molar-refractivity contribution in [2.45, 2.75) is 63.8 Å². The van der Waals surface area contributed by atoms with E-state index in [9.17, 15) is 14.4 Å². The van der Waals surface area contributed by atoms with Gasteiger partial charge < -0.3 is 26.2 Å². The highest BCUT2D eigenvalue weighted by Gasteiger charge is 2.29. The predicted molar refractivity (Wildman–Crippen MR) is 125 cm³/mol. The summed E-state index contributed by atoms with van der Waals surface area (Å²) in [6.07, 6.45) is 9.52. The number of anilines is 2. The van der Waals surface area contributed by atoms with Crippen LogP contribution in [0.25, 0.3) is 0 Å². The Bertz CT molecular complexity index is 794. The number of rotatable bonds is 6. The molecule has 1 saturated heterocycles. The van der Waals surface area contributed by atoms with Gasteiger partial charge in [0.2, 0.25) is 5.91 Å². The average Bonchev–Trinajstić information content (AvgIpc) is 3.64. The fourth-order valence-corrected chi connectivity index (χ4v) is 4.49. The molecule has 5 amide bonds. The van der Waals surface area contributed by atoms with Crippen molar-refractivity contribution in [3.8, 4) is 0 Å². The number of nitrogens with zero attached hydrogens (tertiary/aromatic N) is 1. The minimum atomic E-state index is -0.183. The number of amides is 5. The minimum Gasteiger partial charge on any atom is -0.356 e. The lowest BCUT2D eigenvalue weighted by atomic mass is 9.96. The zero-order valence-electron chi connectivity index (χ0n) is 18.7. The Morgan fingerprint density at radius 1 is 0.812 bits per heavy atom. The summed E-state index contributed by atoms with van der Waals surface area (Å²) in [5.41, 5.74) is 1.37. The van der Waals surface area contributed by atoms with Gasteiger partial charge in [-0.1, -0.05) is 19.3 Å². The monoisotopic (exact) mass is 441 g/mol. The summed E-state index contributed by atoms with van der Waals surface area (Å²) in [5.74, 6) is 0.813. The summed E-state index contributed by atoms with van der Waals surface area (Å²) in [4.78, 5) is 38.8. The van der Waals surface area contributed by atoms with Crippen molar-refractivity contribution in [2.24, 2.45) is 11.8 Å². The molecule has 8 heteroatoms. The van der Waals surface area contributed by atoms with Crippen molar-refractivity contribution in [2.75, 3.05) is 30.3 Å². The summed E-state index contributed by atoms with van der Waals surface area (Å²) in [5, 5.41) is 11.8. The van der Waals surface area contributed by atoms with Crippen LogP contribution in [0.5, 0.6) is 0 Å². The molecule has 174 valence electrons. The van der Waals surface area contributed by atoms with E-state index in [1.807, 2.05) is 0 Å². The van der Waals surface area contributed by atoms with Gasteiger partial charge in [-0.3, -0.25) is 4.79 Å². The van der Waals surface area contributed by atoms with Crippen molar-refractivity contribution in [1.82, 2.24) is 15.5 Å². The first-order valence-electron chi connectivity index (χ1n) is 12.1. The summed E-state index contributed by atoms with van der Waals surface area (Å²) in [6, 6.07) is 7.06. The van der Waals surface area contributed by atoms with Gasteiger partial charge in [-0.05, 0) is 68.7 Å². The van der Waals surface area contributed by atoms with E-state index < -0.39 is 0 Å². The average molecular weight is 442 g/mol. The van der Waals surface area contributed by atoms with Crippen LogP contribution in [0.3, 0.4) is 0 Å². The van der Waals surface area contributed by atoms with E-state index in [4.69, 9.17) is 0 Å². The summed E-state index contributed by atoms with van der Waals surface area (Å²) in [7, 11) is 0. The van der Waals surface area contributed by atoms with Crippen LogP contribution in [0, 0.1) is 11.8 Å². The molecular formula is C24H35N5O3. The van der Waals surface area contributed by atoms with E-state index in [-0.39, 0.29) is 29.9 Å². The van der Waals surface area contributed by atoms with Crippen LogP contribution in [0.4, 0.5) is 21.0 Å². The summed E-state index contributed by atoms with van der Waals surface area (Å²) in [6.45, 7) is 1.95. The molecule has 0 radical (unpaired) electrons. The Balaban J connectivity index is 1.17. The van der Waals surface area contributed by atoms with Crippen LogP contribution < -0.4 is 21.3 Å². The molecule has 0 unspecified atom stereocenters. The molecule has 32 heavy (non-hydrogen) atoms. The van der Waals surface area contributed by atoms with E-state index in [0.29, 0.717) is 43.2 Å². The molecule has 0 atom stereocenters. The first-order chi connectivity index (χ1) is 15.6. The fraction of sp³-hybridized carbons (Fsp3) is 0.625. The SMILES string of the molecule is O=C(Nc1ccc(NC(=O)N2CCC(C(=O)NCC3CC3)CC2)cc1)NC1CCCCC1. The van der Waals surface area contributed by atoms with Gasteiger partial charge in [0.15, 0.2) is 0 Å². The van der Waals surface area contributed by atoms with Crippen LogP contribution in [0.2, 0.25) is 0 Å². The Labute approximate surface area is 189 Å². The molecule has 1 aromatic rings. The van der Waals surface area contributed by atoms with E-state index in [1.54, 1.807) is 29.2 Å². The second-order valence-corrected chi connectivity index (χ2v) is 9.39. The van der Waals surface area contributed by atoms with Gasteiger partial charge >= 0.3 is 12.1 Å². The molecular weight excluding hydrogens is 406 g/mol. The Kier molecular flexibility index (Phi) is 7.50. The zero-order valence-corrected chi connectivity index (χ0v) is 18.7. The van der Waals surface area contributed by atoms with E-state index in [0.717, 1.165) is 19.4 Å². The quantitative estimate of drug-likeness (QED) is 0.538. The number of nitrogens with one attached hydrogen (secondary N) is 4. The van der Waals surface area contributed by atoms with Crippen LogP contribution in [-0.2, 0) is 4.79 Å². The Morgan fingerprint density at radius 2 is 1.44 bits per heavy atom. The third-order valence-corrected chi connectivity index (χ3v) is 6.75. The molecule has 3 fully saturated rings. The standard InChI is InChI=1S/C24H35N5O3/c30-22(25-16-17-6-7-17)18-12-14-29(15-13-18)24(32)28-21-10-8-20(9-11-21)27-23(31)26-19-4-2-1-3-5-19/h8-11,17-19H,1-7,12-16H2,(H,25,30)(H,28,32)(H2,26,27,31). The van der Waals surface area contributed by atoms with Gasteiger partial charge in [0.1, 0.15) is 0 Å². The number of hydrogen-bond acceptors (Lipinski definition) is 3. The van der Waals surface area contributed by atoms with Crippen molar-refractivity contribution in [3.63, 3.8) is 0 Å². The van der Waals surface area contributed by atoms with Crippen molar-refractivity contribution in [3.05, 3.63) is 24.3 Å². The molecule has 0 bridgehead atoms. The lowest BCUT2D eigenvalue weighted by Crippen LogP contribution is -2.44. The summed E-state index contributed by atoms with van der Waals surface area (Å²) >= 11 is 0. The highest BCUT2D eigenvalue weighted by atomic mass is 16.2. The first kappa shape index (κ1) is 22.4. The van der Waals surface area contributed by atoms with Gasteiger partial charge in [0, 0.05) is 43.0 Å². The predicted octanol–water partition coefficient (Wildman–Crippen LogP) is 3.91. The molecule has 4 N–H and O–H groups in total. The van der Waals surface area contributed by atoms with Gasteiger partial charge in [-0.2, -0.15) is 0 Å². The number of carbonyl (C=O) groups excluding carboxylic acids is 3. The lowest BCUT2D eigenvalue weighted by molar-refractivity contribution is -0.126. The molecule has 1 aromatic carbocycles. The molecule has 1 heterocycles. The maximum absolute atomic E-state index is 12.6. The van der Waals surface area contributed by atoms with Gasteiger partial charge in [0.05, 0.1) is 0 Å². The summed E-state index contributed by atoms with van der Waals surface area (Å²) < 4.78 is 0. The zero-order chi connectivity index (χ0) is 22.3. The van der Waals surface area contributed by atoms with Gasteiger partial charge in [0.25, 0.3) is 0 Å². The molecule has 0 aromatic heterocycles. The number of hydrogen-bond donors (Lipinski definition) is 4. The third kappa shape index (κ3) is 6.61. The maximum atomic E-state index is 12.6. The highest BCUT2D eigenvalue weighted by Crippen LogP contribution is 2.28. The molecule has 0 spiro atoms. The highest BCUT2D eigenvalue weighted by molar-refractivity contribution is 5.92. The van der Waals surface area contributed by atoms with E-state index in [2.05, 4.69) is 21.3 Å². The van der Waals surface area contributed by atoms with Crippen molar-refractivity contribution >= 4 is 29.3 Å². The Hall–Kier alpha value is -2.77. The van der Waals surface area contributed by atoms with Gasteiger partial charge in [-0.15, -0.1) is 0 Å². The number of carbonyl (C=O) groups is 3. The fourth-order valence-electron chi connectivity index (χ4n) is 4.49.